The molecule has 0 atom stereocenters. The van der Waals surface area contributed by atoms with Crippen LogP contribution in [0, 0.1) is 0 Å². The summed E-state index contributed by atoms with van der Waals surface area (Å²) in [6.07, 6.45) is -0.313. The van der Waals surface area contributed by atoms with Crippen molar-refractivity contribution in [3.8, 4) is 0 Å². The second-order valence-electron chi connectivity index (χ2n) is 6.92. The van der Waals surface area contributed by atoms with Crippen molar-refractivity contribution in [2.45, 2.75) is 26.4 Å². The van der Waals surface area contributed by atoms with Gasteiger partial charge in [-0.15, -0.1) is 0 Å². The highest BCUT2D eigenvalue weighted by atomic mass is 35.5. The molecule has 1 aliphatic rings. The number of carbonyl (C=O) groups excluding carboxylic acids is 2. The van der Waals surface area contributed by atoms with E-state index in [4.69, 9.17) is 27.9 Å². The molecule has 1 saturated heterocycles. The van der Waals surface area contributed by atoms with Gasteiger partial charge in [-0.3, -0.25) is 9.69 Å². The van der Waals surface area contributed by atoms with E-state index in [0.29, 0.717) is 41.9 Å². The van der Waals surface area contributed by atoms with E-state index in [1.807, 2.05) is 25.7 Å². The molecule has 1 N–H and O–H groups in total. The third-order valence-corrected chi connectivity index (χ3v) is 4.33. The minimum atomic E-state index is -0.506. The maximum Gasteiger partial charge on any atom is 0.410 e. The van der Waals surface area contributed by atoms with E-state index < -0.39 is 5.60 Å². The first-order chi connectivity index (χ1) is 11.6. The molecular weight excluding hydrogens is 365 g/mol. The summed E-state index contributed by atoms with van der Waals surface area (Å²) in [5, 5.41) is 3.63. The Morgan fingerprint density at radius 1 is 1.12 bits per heavy atom. The predicted octanol–water partition coefficient (Wildman–Crippen LogP) is 3.48. The maximum absolute atomic E-state index is 12.1. The zero-order valence-electron chi connectivity index (χ0n) is 14.6. The Morgan fingerprint density at radius 2 is 1.76 bits per heavy atom. The van der Waals surface area contributed by atoms with Crippen LogP contribution in [0.3, 0.4) is 0 Å². The second kappa shape index (κ2) is 8.25. The molecule has 0 aromatic heterocycles. The van der Waals surface area contributed by atoms with Crippen molar-refractivity contribution in [3.63, 3.8) is 0 Å². The highest BCUT2D eigenvalue weighted by molar-refractivity contribution is 6.42. The molecule has 25 heavy (non-hydrogen) atoms. The fourth-order valence-corrected chi connectivity index (χ4v) is 2.69. The van der Waals surface area contributed by atoms with E-state index in [1.54, 1.807) is 23.1 Å². The molecular formula is C17H23Cl2N3O3. The van der Waals surface area contributed by atoms with Crippen LogP contribution in [0.2, 0.25) is 10.0 Å². The lowest BCUT2D eigenvalue weighted by Gasteiger charge is -2.35. The number of ether oxygens (including phenoxy) is 1. The fraction of sp³-hybridized carbons (Fsp3) is 0.529. The molecule has 6 nitrogen and oxygen atoms in total. The van der Waals surface area contributed by atoms with Crippen molar-refractivity contribution < 1.29 is 14.3 Å². The third kappa shape index (κ3) is 6.38. The number of rotatable bonds is 3. The van der Waals surface area contributed by atoms with Crippen LogP contribution in [0.15, 0.2) is 18.2 Å². The molecule has 0 spiro atoms. The molecule has 0 radical (unpaired) electrons. The van der Waals surface area contributed by atoms with Crippen LogP contribution >= 0.6 is 23.2 Å². The topological polar surface area (TPSA) is 61.9 Å². The minimum absolute atomic E-state index is 0.135. The lowest BCUT2D eigenvalue weighted by molar-refractivity contribution is -0.117. The molecule has 138 valence electrons. The van der Waals surface area contributed by atoms with Crippen LogP contribution in [-0.2, 0) is 9.53 Å². The van der Waals surface area contributed by atoms with E-state index in [9.17, 15) is 9.59 Å². The average Bonchev–Trinajstić information content (AvgIpc) is 2.50. The number of benzene rings is 1. The van der Waals surface area contributed by atoms with Gasteiger partial charge in [0.2, 0.25) is 5.91 Å². The monoisotopic (exact) mass is 387 g/mol. The van der Waals surface area contributed by atoms with Crippen molar-refractivity contribution in [1.82, 2.24) is 9.80 Å². The molecule has 8 heteroatoms. The van der Waals surface area contributed by atoms with E-state index in [0.717, 1.165) is 0 Å². The normalized spacial score (nSPS) is 15.8. The van der Waals surface area contributed by atoms with Crippen LogP contribution in [0.1, 0.15) is 20.8 Å². The number of halogens is 2. The summed E-state index contributed by atoms with van der Waals surface area (Å²) in [6, 6.07) is 4.95. The summed E-state index contributed by atoms with van der Waals surface area (Å²) in [4.78, 5) is 27.8. The summed E-state index contributed by atoms with van der Waals surface area (Å²) >= 11 is 11.8. The van der Waals surface area contributed by atoms with Gasteiger partial charge in [-0.1, -0.05) is 23.2 Å². The first-order valence-corrected chi connectivity index (χ1v) is 8.85. The zero-order chi connectivity index (χ0) is 18.6. The first kappa shape index (κ1) is 19.8. The van der Waals surface area contributed by atoms with Gasteiger partial charge in [0.15, 0.2) is 0 Å². The zero-order valence-corrected chi connectivity index (χ0v) is 16.2. The Hall–Kier alpha value is -1.50. The fourth-order valence-electron chi connectivity index (χ4n) is 2.39. The lowest BCUT2D eigenvalue weighted by Crippen LogP contribution is -2.51. The number of hydrogen-bond acceptors (Lipinski definition) is 4. The number of piperazine rings is 1. The highest BCUT2D eigenvalue weighted by Crippen LogP contribution is 2.25. The lowest BCUT2D eigenvalue weighted by atomic mass is 10.2. The summed E-state index contributed by atoms with van der Waals surface area (Å²) in [6.45, 7) is 8.09. The standard InChI is InChI=1S/C17H23Cl2N3O3/c1-17(2,3)25-16(24)22-8-6-21(7-9-22)11-15(23)20-12-4-5-13(18)14(19)10-12/h4-5,10H,6-9,11H2,1-3H3,(H,20,23). The molecule has 1 fully saturated rings. The van der Waals surface area contributed by atoms with E-state index in [1.165, 1.54) is 0 Å². The molecule has 2 rings (SSSR count). The molecule has 1 heterocycles. The molecule has 0 bridgehead atoms. The van der Waals surface area contributed by atoms with Gasteiger partial charge in [0.05, 0.1) is 16.6 Å². The van der Waals surface area contributed by atoms with Crippen LogP contribution in [0.25, 0.3) is 0 Å². The van der Waals surface area contributed by atoms with Crippen LogP contribution < -0.4 is 5.32 Å². The molecule has 1 aromatic carbocycles. The highest BCUT2D eigenvalue weighted by Gasteiger charge is 2.26. The Morgan fingerprint density at radius 3 is 2.32 bits per heavy atom. The number of nitrogens with zero attached hydrogens (tertiary/aromatic N) is 2. The number of hydrogen-bond donors (Lipinski definition) is 1. The largest absolute Gasteiger partial charge is 0.444 e. The van der Waals surface area contributed by atoms with Crippen LogP contribution in [0.4, 0.5) is 10.5 Å². The quantitative estimate of drug-likeness (QED) is 0.861. The van der Waals surface area contributed by atoms with E-state index in [-0.39, 0.29) is 18.5 Å². The Kier molecular flexibility index (Phi) is 6.54. The van der Waals surface area contributed by atoms with Gasteiger partial charge in [-0.05, 0) is 39.0 Å². The van der Waals surface area contributed by atoms with Gasteiger partial charge in [0.25, 0.3) is 0 Å². The van der Waals surface area contributed by atoms with Gasteiger partial charge in [0, 0.05) is 31.9 Å². The summed E-state index contributed by atoms with van der Waals surface area (Å²) < 4.78 is 5.36. The SMILES string of the molecule is CC(C)(C)OC(=O)N1CCN(CC(=O)Nc2ccc(Cl)c(Cl)c2)CC1. The number of anilines is 1. The first-order valence-electron chi connectivity index (χ1n) is 8.09. The van der Waals surface area contributed by atoms with Crippen LogP contribution in [-0.4, -0.2) is 60.1 Å². The van der Waals surface area contributed by atoms with Gasteiger partial charge in [-0.2, -0.15) is 0 Å². The van der Waals surface area contributed by atoms with E-state index >= 15 is 0 Å². The number of carbonyl (C=O) groups is 2. The maximum atomic E-state index is 12.1. The minimum Gasteiger partial charge on any atom is -0.444 e. The van der Waals surface area contributed by atoms with Crippen molar-refractivity contribution in [3.05, 3.63) is 28.2 Å². The second-order valence-corrected chi connectivity index (χ2v) is 7.74. The number of nitrogens with one attached hydrogen (secondary N) is 1. The van der Waals surface area contributed by atoms with Gasteiger partial charge in [0.1, 0.15) is 5.60 Å². The third-order valence-electron chi connectivity index (χ3n) is 3.59. The number of amides is 2. The van der Waals surface area contributed by atoms with Crippen molar-refractivity contribution >= 4 is 40.9 Å². The molecule has 1 aromatic rings. The Labute approximate surface area is 158 Å². The molecule has 1 aliphatic heterocycles. The van der Waals surface area contributed by atoms with Crippen molar-refractivity contribution in [1.29, 1.82) is 0 Å². The Bertz CT molecular complexity index is 639. The molecule has 0 saturated carbocycles. The Balaban J connectivity index is 1.78. The van der Waals surface area contributed by atoms with E-state index in [2.05, 4.69) is 5.32 Å². The van der Waals surface area contributed by atoms with Gasteiger partial charge in [-0.25, -0.2) is 4.79 Å². The summed E-state index contributed by atoms with van der Waals surface area (Å²) in [7, 11) is 0. The van der Waals surface area contributed by atoms with Gasteiger partial charge < -0.3 is 15.0 Å². The summed E-state index contributed by atoms with van der Waals surface area (Å²) in [5.74, 6) is -0.135. The van der Waals surface area contributed by atoms with Crippen molar-refractivity contribution in [2.75, 3.05) is 38.0 Å². The molecule has 0 aliphatic carbocycles. The van der Waals surface area contributed by atoms with Gasteiger partial charge >= 0.3 is 6.09 Å². The average molecular weight is 388 g/mol. The van der Waals surface area contributed by atoms with Crippen LogP contribution in [0.5, 0.6) is 0 Å². The summed E-state index contributed by atoms with van der Waals surface area (Å²) in [5.41, 5.74) is 0.0975. The smallest absolute Gasteiger partial charge is 0.410 e. The molecule has 2 amide bonds. The van der Waals surface area contributed by atoms with Crippen molar-refractivity contribution in [2.24, 2.45) is 0 Å². The predicted molar refractivity (Wildman–Crippen MR) is 99.3 cm³/mol. The molecule has 0 unspecified atom stereocenters.